The number of imidazole rings is 1. The highest BCUT2D eigenvalue weighted by Gasteiger charge is 2.25. The molecule has 5 rings (SSSR count). The summed E-state index contributed by atoms with van der Waals surface area (Å²) < 4.78 is 3.62. The van der Waals surface area contributed by atoms with Crippen LogP contribution in [0, 0.1) is 0 Å². The fourth-order valence-electron chi connectivity index (χ4n) is 3.69. The lowest BCUT2D eigenvalue weighted by Crippen LogP contribution is -2.24. The Hall–Kier alpha value is -4.19. The Morgan fingerprint density at radius 1 is 0.933 bits per heavy atom. The summed E-state index contributed by atoms with van der Waals surface area (Å²) in [6.07, 6.45) is 3.50. The van der Waals surface area contributed by atoms with Crippen molar-refractivity contribution in [3.05, 3.63) is 91.0 Å². The Morgan fingerprint density at radius 3 is 2.57 bits per heavy atom. The van der Waals surface area contributed by atoms with E-state index < -0.39 is 11.7 Å². The zero-order valence-corrected chi connectivity index (χ0v) is 16.2. The summed E-state index contributed by atoms with van der Waals surface area (Å²) in [7, 11) is 1.88. The van der Waals surface area contributed by atoms with Crippen LogP contribution in [0.4, 0.5) is 5.69 Å². The number of carbonyl (C=O) groups is 2. The predicted molar refractivity (Wildman–Crippen MR) is 117 cm³/mol. The van der Waals surface area contributed by atoms with Crippen LogP contribution in [0.15, 0.2) is 85.3 Å². The first-order valence-corrected chi connectivity index (χ1v) is 9.54. The molecule has 0 unspecified atom stereocenters. The number of aryl methyl sites for hydroxylation is 1. The standard InChI is InChI=1S/C24H18N4O2/c1-27-15-25-20-11-10-17(13-21(20)27)26-24(30)23(29)22-19(16-7-3-2-4-8-16)14-18-9-5-6-12-28(18)22/h2-15H,1H3,(H,26,30). The first-order valence-electron chi connectivity index (χ1n) is 9.54. The molecule has 3 aromatic heterocycles. The molecule has 3 heterocycles. The number of fused-ring (bicyclic) bond motifs is 2. The van der Waals surface area contributed by atoms with E-state index in [2.05, 4.69) is 10.3 Å². The van der Waals surface area contributed by atoms with E-state index in [-0.39, 0.29) is 0 Å². The third-order valence-corrected chi connectivity index (χ3v) is 5.17. The van der Waals surface area contributed by atoms with E-state index in [1.54, 1.807) is 23.0 Å². The van der Waals surface area contributed by atoms with Gasteiger partial charge in [0.15, 0.2) is 0 Å². The van der Waals surface area contributed by atoms with Gasteiger partial charge in [-0.3, -0.25) is 9.59 Å². The second-order valence-corrected chi connectivity index (χ2v) is 7.11. The Kier molecular flexibility index (Phi) is 4.17. The molecule has 0 fully saturated rings. The normalized spacial score (nSPS) is 11.1. The number of aromatic nitrogens is 3. The lowest BCUT2D eigenvalue weighted by Gasteiger charge is -2.08. The molecule has 146 valence electrons. The summed E-state index contributed by atoms with van der Waals surface area (Å²) in [5.41, 5.74) is 5.05. The molecule has 6 nitrogen and oxygen atoms in total. The number of benzene rings is 2. The summed E-state index contributed by atoms with van der Waals surface area (Å²) in [5.74, 6) is -1.28. The molecule has 0 aliphatic rings. The van der Waals surface area contributed by atoms with Crippen LogP contribution in [0.5, 0.6) is 0 Å². The maximum Gasteiger partial charge on any atom is 0.298 e. The second-order valence-electron chi connectivity index (χ2n) is 7.11. The minimum atomic E-state index is -0.683. The van der Waals surface area contributed by atoms with Crippen LogP contribution in [0.1, 0.15) is 10.5 Å². The largest absolute Gasteiger partial charge is 0.334 e. The minimum absolute atomic E-state index is 0.343. The van der Waals surface area contributed by atoms with E-state index in [1.807, 2.05) is 78.3 Å². The van der Waals surface area contributed by atoms with Crippen molar-refractivity contribution in [3.63, 3.8) is 0 Å². The topological polar surface area (TPSA) is 68.4 Å². The number of hydrogen-bond donors (Lipinski definition) is 1. The van der Waals surface area contributed by atoms with Crippen molar-refractivity contribution in [3.8, 4) is 11.1 Å². The third kappa shape index (κ3) is 2.95. The van der Waals surface area contributed by atoms with E-state index >= 15 is 0 Å². The second kappa shape index (κ2) is 7.00. The average molecular weight is 394 g/mol. The molecule has 6 heteroatoms. The Labute approximate surface area is 172 Å². The van der Waals surface area contributed by atoms with Crippen molar-refractivity contribution in [2.75, 3.05) is 5.32 Å². The summed E-state index contributed by atoms with van der Waals surface area (Å²) in [5, 5.41) is 2.74. The number of nitrogens with zero attached hydrogens (tertiary/aromatic N) is 3. The molecule has 0 atom stereocenters. The number of amides is 1. The van der Waals surface area contributed by atoms with E-state index in [9.17, 15) is 9.59 Å². The highest BCUT2D eigenvalue weighted by atomic mass is 16.2. The zero-order chi connectivity index (χ0) is 20.7. The van der Waals surface area contributed by atoms with Crippen molar-refractivity contribution in [1.29, 1.82) is 0 Å². The first-order chi connectivity index (χ1) is 14.6. The molecule has 0 spiro atoms. The molecule has 0 saturated heterocycles. The molecular formula is C24H18N4O2. The van der Waals surface area contributed by atoms with Gasteiger partial charge in [0.25, 0.3) is 11.7 Å². The molecule has 5 aromatic rings. The van der Waals surface area contributed by atoms with E-state index in [0.717, 1.165) is 27.7 Å². The SMILES string of the molecule is Cn1cnc2ccc(NC(=O)C(=O)c3c(-c4ccccc4)cc4ccccn34)cc21. The quantitative estimate of drug-likeness (QED) is 0.365. The summed E-state index contributed by atoms with van der Waals surface area (Å²) in [4.78, 5) is 30.4. The number of carbonyl (C=O) groups excluding carboxylic acids is 2. The van der Waals surface area contributed by atoms with E-state index in [4.69, 9.17) is 0 Å². The van der Waals surface area contributed by atoms with Gasteiger partial charge in [0.1, 0.15) is 5.69 Å². The van der Waals surface area contributed by atoms with Gasteiger partial charge in [-0.15, -0.1) is 0 Å². The first kappa shape index (κ1) is 17.9. The number of nitrogens with one attached hydrogen (secondary N) is 1. The van der Waals surface area contributed by atoms with Crippen molar-refractivity contribution < 1.29 is 9.59 Å². The van der Waals surface area contributed by atoms with Gasteiger partial charge in [-0.05, 0) is 42.0 Å². The minimum Gasteiger partial charge on any atom is -0.334 e. The van der Waals surface area contributed by atoms with Gasteiger partial charge in [-0.25, -0.2) is 4.98 Å². The molecule has 1 N–H and O–H groups in total. The van der Waals surface area contributed by atoms with Crippen molar-refractivity contribution in [2.45, 2.75) is 0 Å². The third-order valence-electron chi connectivity index (χ3n) is 5.17. The van der Waals surface area contributed by atoms with Gasteiger partial charge in [-0.2, -0.15) is 0 Å². The fraction of sp³-hybridized carbons (Fsp3) is 0.0417. The van der Waals surface area contributed by atoms with Gasteiger partial charge >= 0.3 is 0 Å². The highest BCUT2D eigenvalue weighted by molar-refractivity contribution is 6.47. The lowest BCUT2D eigenvalue weighted by atomic mass is 10.0. The van der Waals surface area contributed by atoms with Crippen LogP contribution in [0.3, 0.4) is 0 Å². The van der Waals surface area contributed by atoms with Crippen LogP contribution in [-0.2, 0) is 11.8 Å². The summed E-state index contributed by atoms with van der Waals surface area (Å²) in [6, 6.07) is 22.6. The number of anilines is 1. The maximum atomic E-state index is 13.2. The van der Waals surface area contributed by atoms with Crippen LogP contribution in [0.25, 0.3) is 27.7 Å². The van der Waals surface area contributed by atoms with Crippen molar-refractivity contribution >= 4 is 33.9 Å². The monoisotopic (exact) mass is 394 g/mol. The average Bonchev–Trinajstić information content (AvgIpc) is 3.34. The van der Waals surface area contributed by atoms with Gasteiger partial charge in [0.05, 0.1) is 17.4 Å². The molecule has 2 aromatic carbocycles. The lowest BCUT2D eigenvalue weighted by molar-refractivity contribution is -0.112. The molecule has 1 amide bonds. The molecule has 0 radical (unpaired) electrons. The van der Waals surface area contributed by atoms with Gasteiger partial charge in [-0.1, -0.05) is 36.4 Å². The van der Waals surface area contributed by atoms with Crippen LogP contribution < -0.4 is 5.32 Å². The van der Waals surface area contributed by atoms with Crippen molar-refractivity contribution in [1.82, 2.24) is 14.0 Å². The van der Waals surface area contributed by atoms with Crippen LogP contribution >= 0.6 is 0 Å². The smallest absolute Gasteiger partial charge is 0.298 e. The van der Waals surface area contributed by atoms with Gasteiger partial charge in [0, 0.05) is 30.0 Å². The summed E-state index contributed by atoms with van der Waals surface area (Å²) in [6.45, 7) is 0. The number of Topliss-reactive ketones (excluding diaryl/α,β-unsaturated/α-hetero) is 1. The highest BCUT2D eigenvalue weighted by Crippen LogP contribution is 2.28. The number of rotatable bonds is 4. The number of ketones is 1. The molecule has 0 aliphatic heterocycles. The summed E-state index contributed by atoms with van der Waals surface area (Å²) >= 11 is 0. The van der Waals surface area contributed by atoms with Crippen molar-refractivity contribution in [2.24, 2.45) is 7.05 Å². The zero-order valence-electron chi connectivity index (χ0n) is 16.2. The van der Waals surface area contributed by atoms with E-state index in [1.165, 1.54) is 0 Å². The number of pyridine rings is 1. The molecule has 0 saturated carbocycles. The van der Waals surface area contributed by atoms with Gasteiger partial charge in [0.2, 0.25) is 0 Å². The Balaban J connectivity index is 1.55. The number of hydrogen-bond acceptors (Lipinski definition) is 3. The van der Waals surface area contributed by atoms with Crippen LogP contribution in [-0.4, -0.2) is 25.6 Å². The molecule has 30 heavy (non-hydrogen) atoms. The van der Waals surface area contributed by atoms with Crippen LogP contribution in [0.2, 0.25) is 0 Å². The molecular weight excluding hydrogens is 376 g/mol. The van der Waals surface area contributed by atoms with E-state index in [0.29, 0.717) is 11.4 Å². The molecule has 0 aliphatic carbocycles. The predicted octanol–water partition coefficient (Wildman–Crippen LogP) is 4.31. The Bertz CT molecular complexity index is 1410. The fourth-order valence-corrected chi connectivity index (χ4v) is 3.69. The molecule has 0 bridgehead atoms. The maximum absolute atomic E-state index is 13.2. The Morgan fingerprint density at radius 2 is 1.73 bits per heavy atom. The van der Waals surface area contributed by atoms with Gasteiger partial charge < -0.3 is 14.3 Å².